The van der Waals surface area contributed by atoms with Gasteiger partial charge in [0.25, 0.3) is 0 Å². The van der Waals surface area contributed by atoms with E-state index in [2.05, 4.69) is 47.9 Å². The minimum atomic E-state index is 0.902. The summed E-state index contributed by atoms with van der Waals surface area (Å²) < 4.78 is 2.18. The van der Waals surface area contributed by atoms with E-state index in [1.54, 1.807) is 12.8 Å². The van der Waals surface area contributed by atoms with E-state index in [9.17, 15) is 0 Å². The lowest BCUT2D eigenvalue weighted by Crippen LogP contribution is -2.34. The number of hydrogen-bond donors (Lipinski definition) is 0. The number of nitrogens with zero attached hydrogens (tertiary/aromatic N) is 1. The second kappa shape index (κ2) is 4.26. The molecule has 5 atom stereocenters. The molecular weight excluding hydrogens is 238 g/mol. The number of fused-ring (bicyclic) bond motifs is 1. The van der Waals surface area contributed by atoms with Crippen molar-refractivity contribution in [3.05, 3.63) is 24.5 Å². The van der Waals surface area contributed by atoms with Gasteiger partial charge < -0.3 is 0 Å². The molecule has 0 amide bonds. The zero-order valence-electron chi connectivity index (χ0n) is 11.1. The molecule has 0 N–H and O–H groups in total. The Bertz CT molecular complexity index is 458. The molecule has 1 heterocycles. The molecule has 3 aliphatic rings. The van der Waals surface area contributed by atoms with E-state index < -0.39 is 0 Å². The first-order chi connectivity index (χ1) is 8.79. The molecule has 5 unspecified atom stereocenters. The zero-order valence-corrected chi connectivity index (χ0v) is 11.9. The van der Waals surface area contributed by atoms with Crippen LogP contribution in [0.5, 0.6) is 0 Å². The van der Waals surface area contributed by atoms with E-state index in [1.807, 2.05) is 0 Å². The van der Waals surface area contributed by atoms with Crippen molar-refractivity contribution in [2.45, 2.75) is 42.2 Å². The third-order valence-corrected chi connectivity index (χ3v) is 6.90. The van der Waals surface area contributed by atoms with Gasteiger partial charge in [-0.2, -0.15) is 0 Å². The highest BCUT2D eigenvalue weighted by molar-refractivity contribution is 8.00. The standard InChI is InChI=1S/C16H22NS/c1-17-6-2-3-13(10-17)18-16-5-4-12-7-11-8-14(12)15(16)9-11/h2-3,6,10-12,14-16H,4-5,7-9H2,1H3/q+1. The highest BCUT2D eigenvalue weighted by Crippen LogP contribution is 2.60. The molecule has 0 spiro atoms. The normalized spacial score (nSPS) is 41.3. The third-order valence-electron chi connectivity index (χ3n) is 5.50. The summed E-state index contributed by atoms with van der Waals surface area (Å²) in [5.41, 5.74) is 0. The fourth-order valence-corrected chi connectivity index (χ4v) is 6.33. The maximum Gasteiger partial charge on any atom is 0.182 e. The summed E-state index contributed by atoms with van der Waals surface area (Å²) in [4.78, 5) is 1.46. The van der Waals surface area contributed by atoms with E-state index in [0.717, 1.165) is 28.9 Å². The molecule has 4 rings (SSSR count). The van der Waals surface area contributed by atoms with Crippen molar-refractivity contribution in [2.24, 2.45) is 30.7 Å². The number of aromatic nitrogens is 1. The van der Waals surface area contributed by atoms with Gasteiger partial charge >= 0.3 is 0 Å². The Morgan fingerprint density at radius 1 is 1.17 bits per heavy atom. The second-order valence-electron chi connectivity index (χ2n) is 6.60. The van der Waals surface area contributed by atoms with Gasteiger partial charge in [-0.15, -0.1) is 11.8 Å². The average Bonchev–Trinajstić information content (AvgIpc) is 2.93. The van der Waals surface area contributed by atoms with Crippen molar-refractivity contribution in [1.29, 1.82) is 0 Å². The summed E-state index contributed by atoms with van der Waals surface area (Å²) in [6, 6.07) is 4.46. The molecule has 1 nitrogen and oxygen atoms in total. The van der Waals surface area contributed by atoms with Gasteiger partial charge in [0.05, 0.1) is 4.90 Å². The van der Waals surface area contributed by atoms with Crippen molar-refractivity contribution in [3.8, 4) is 0 Å². The molecule has 0 aromatic carbocycles. The Morgan fingerprint density at radius 2 is 2.06 bits per heavy atom. The van der Waals surface area contributed by atoms with Crippen LogP contribution in [0.4, 0.5) is 0 Å². The van der Waals surface area contributed by atoms with Gasteiger partial charge in [-0.3, -0.25) is 0 Å². The lowest BCUT2D eigenvalue weighted by molar-refractivity contribution is -0.673. The Labute approximate surface area is 114 Å². The predicted octanol–water partition coefficient (Wildman–Crippen LogP) is 3.43. The first-order valence-corrected chi connectivity index (χ1v) is 8.29. The lowest BCUT2D eigenvalue weighted by atomic mass is 9.71. The Hall–Kier alpha value is -0.500. The third kappa shape index (κ3) is 1.80. The number of rotatable bonds is 2. The molecule has 18 heavy (non-hydrogen) atoms. The largest absolute Gasteiger partial charge is 0.207 e. The lowest BCUT2D eigenvalue weighted by Gasteiger charge is -2.40. The Kier molecular flexibility index (Phi) is 2.68. The first-order valence-electron chi connectivity index (χ1n) is 7.41. The molecule has 0 radical (unpaired) electrons. The fraction of sp³-hybridized carbons (Fsp3) is 0.688. The van der Waals surface area contributed by atoms with Crippen LogP contribution in [-0.4, -0.2) is 5.25 Å². The highest BCUT2D eigenvalue weighted by Gasteiger charge is 2.51. The van der Waals surface area contributed by atoms with Crippen molar-refractivity contribution in [3.63, 3.8) is 0 Å². The Balaban J connectivity index is 1.52. The van der Waals surface area contributed by atoms with E-state index >= 15 is 0 Å². The van der Waals surface area contributed by atoms with Crippen LogP contribution in [-0.2, 0) is 7.05 Å². The van der Waals surface area contributed by atoms with E-state index in [1.165, 1.54) is 24.2 Å². The number of pyridine rings is 1. The minimum Gasteiger partial charge on any atom is -0.207 e. The van der Waals surface area contributed by atoms with Gasteiger partial charge in [-0.1, -0.05) is 0 Å². The molecule has 0 aliphatic heterocycles. The molecule has 96 valence electrons. The van der Waals surface area contributed by atoms with Crippen LogP contribution in [0.2, 0.25) is 0 Å². The highest BCUT2D eigenvalue weighted by atomic mass is 32.2. The monoisotopic (exact) mass is 260 g/mol. The van der Waals surface area contributed by atoms with Crippen LogP contribution in [0.15, 0.2) is 29.4 Å². The molecule has 1 aromatic rings. The minimum absolute atomic E-state index is 0.902. The van der Waals surface area contributed by atoms with Crippen LogP contribution < -0.4 is 4.57 Å². The van der Waals surface area contributed by atoms with Crippen molar-refractivity contribution >= 4 is 11.8 Å². The van der Waals surface area contributed by atoms with Crippen LogP contribution in [0.3, 0.4) is 0 Å². The van der Waals surface area contributed by atoms with Gasteiger partial charge in [0.1, 0.15) is 7.05 Å². The summed E-state index contributed by atoms with van der Waals surface area (Å²) in [5, 5.41) is 0.902. The molecular formula is C16H22NS+. The molecule has 3 aliphatic carbocycles. The molecule has 0 saturated heterocycles. The summed E-state index contributed by atoms with van der Waals surface area (Å²) >= 11 is 2.16. The number of thioether (sulfide) groups is 1. The maximum atomic E-state index is 2.28. The average molecular weight is 260 g/mol. The van der Waals surface area contributed by atoms with Gasteiger partial charge in [-0.25, -0.2) is 4.57 Å². The van der Waals surface area contributed by atoms with Crippen LogP contribution >= 0.6 is 11.8 Å². The summed E-state index contributed by atoms with van der Waals surface area (Å²) in [6.45, 7) is 0. The second-order valence-corrected chi connectivity index (χ2v) is 7.91. The van der Waals surface area contributed by atoms with Crippen molar-refractivity contribution in [1.82, 2.24) is 0 Å². The van der Waals surface area contributed by atoms with Crippen LogP contribution in [0.1, 0.15) is 32.1 Å². The first kappa shape index (κ1) is 11.3. The molecule has 3 saturated carbocycles. The predicted molar refractivity (Wildman–Crippen MR) is 74.3 cm³/mol. The van der Waals surface area contributed by atoms with Gasteiger partial charge in [-0.05, 0) is 61.8 Å². The van der Waals surface area contributed by atoms with Crippen LogP contribution in [0.25, 0.3) is 0 Å². The smallest absolute Gasteiger partial charge is 0.182 e. The summed E-state index contributed by atoms with van der Waals surface area (Å²) in [6.07, 6.45) is 12.0. The van der Waals surface area contributed by atoms with E-state index in [4.69, 9.17) is 0 Å². The van der Waals surface area contributed by atoms with Gasteiger partial charge in [0, 0.05) is 11.3 Å². The number of aryl methyl sites for hydroxylation is 1. The zero-order chi connectivity index (χ0) is 12.1. The van der Waals surface area contributed by atoms with Crippen molar-refractivity contribution in [2.75, 3.05) is 0 Å². The summed E-state index contributed by atoms with van der Waals surface area (Å²) in [7, 11) is 2.12. The van der Waals surface area contributed by atoms with Crippen LogP contribution in [0, 0.1) is 23.7 Å². The maximum absolute atomic E-state index is 2.28. The Morgan fingerprint density at radius 3 is 2.89 bits per heavy atom. The molecule has 3 fully saturated rings. The molecule has 1 aromatic heterocycles. The van der Waals surface area contributed by atoms with Crippen molar-refractivity contribution < 1.29 is 4.57 Å². The molecule has 2 bridgehead atoms. The van der Waals surface area contributed by atoms with Gasteiger partial charge in [0.2, 0.25) is 0 Å². The van der Waals surface area contributed by atoms with Gasteiger partial charge in [0.15, 0.2) is 12.4 Å². The van der Waals surface area contributed by atoms with E-state index in [0.29, 0.717) is 0 Å². The van der Waals surface area contributed by atoms with E-state index in [-0.39, 0.29) is 0 Å². The topological polar surface area (TPSA) is 3.88 Å². The number of hydrogen-bond acceptors (Lipinski definition) is 1. The fourth-order valence-electron chi connectivity index (χ4n) is 4.86. The quantitative estimate of drug-likeness (QED) is 0.737. The SMILES string of the molecule is C[n+]1cccc(SC2CCC3CC4CC3C2C4)c1. The molecule has 2 heteroatoms. The summed E-state index contributed by atoms with van der Waals surface area (Å²) in [5.74, 6) is 4.34.